The minimum Gasteiger partial charge on any atom is -0.493 e. The molecule has 1 heterocycles. The van der Waals surface area contributed by atoms with Crippen molar-refractivity contribution >= 4 is 44.7 Å². The number of aromatic nitrogens is 1. The number of para-hydroxylation sites is 1. The Hall–Kier alpha value is -4.08. The number of methoxy groups -OCH3 is 1. The predicted octanol–water partition coefficient (Wildman–Crippen LogP) is 4.88. The molecule has 0 unspecified atom stereocenters. The van der Waals surface area contributed by atoms with Crippen molar-refractivity contribution in [3.63, 3.8) is 0 Å². The molecule has 4 aromatic rings. The molecule has 37 heavy (non-hydrogen) atoms. The fourth-order valence-electron chi connectivity index (χ4n) is 3.93. The van der Waals surface area contributed by atoms with E-state index in [1.54, 1.807) is 29.7 Å². The minimum absolute atomic E-state index is 0.189. The quantitative estimate of drug-likeness (QED) is 0.125. The molecular weight excluding hydrogens is 538 g/mol. The number of hydroxylamine groups is 1. The molecule has 4 N–H and O–H groups in total. The van der Waals surface area contributed by atoms with E-state index in [9.17, 15) is 9.59 Å². The molecule has 1 aromatic heterocycles. The Morgan fingerprint density at radius 3 is 2.65 bits per heavy atom. The van der Waals surface area contributed by atoms with Crippen molar-refractivity contribution < 1.29 is 24.3 Å². The van der Waals surface area contributed by atoms with Crippen LogP contribution in [-0.2, 0) is 11.2 Å². The van der Waals surface area contributed by atoms with E-state index in [0.717, 1.165) is 16.5 Å². The number of halogens is 1. The number of H-pyrrole nitrogens is 1. The van der Waals surface area contributed by atoms with E-state index >= 15 is 0 Å². The molecule has 0 saturated heterocycles. The maximum absolute atomic E-state index is 13.1. The highest BCUT2D eigenvalue weighted by molar-refractivity contribution is 9.10. The highest BCUT2D eigenvalue weighted by Crippen LogP contribution is 2.29. The van der Waals surface area contributed by atoms with Crippen molar-refractivity contribution in [3.05, 3.63) is 100 Å². The van der Waals surface area contributed by atoms with E-state index in [0.29, 0.717) is 33.5 Å². The van der Waals surface area contributed by atoms with E-state index in [-0.39, 0.29) is 18.6 Å². The molecule has 0 saturated carbocycles. The fraction of sp³-hybridized carbons (Fsp3) is 0.143. The minimum atomic E-state index is -0.639. The van der Waals surface area contributed by atoms with Gasteiger partial charge in [-0.25, -0.2) is 5.48 Å². The first-order valence-electron chi connectivity index (χ1n) is 11.5. The SMILES string of the molecule is COc1cc(/C=C/C(=O)NO)ccc1OC[C@H](Cc1c[nH]c2ccccc12)NC(=O)c1ccccc1Br. The number of carbonyl (C=O) groups excluding carboxylic acids is 2. The Labute approximate surface area is 222 Å². The molecule has 3 aromatic carbocycles. The maximum atomic E-state index is 13.1. The molecule has 9 heteroatoms. The smallest absolute Gasteiger partial charge is 0.267 e. The molecule has 0 aliphatic carbocycles. The Morgan fingerprint density at radius 2 is 1.86 bits per heavy atom. The van der Waals surface area contributed by atoms with Crippen molar-refractivity contribution in [3.8, 4) is 11.5 Å². The largest absolute Gasteiger partial charge is 0.493 e. The van der Waals surface area contributed by atoms with Crippen LogP contribution in [0.15, 0.2) is 83.5 Å². The summed E-state index contributed by atoms with van der Waals surface area (Å²) < 4.78 is 12.3. The Bertz CT molecular complexity index is 1430. The van der Waals surface area contributed by atoms with Crippen LogP contribution >= 0.6 is 15.9 Å². The summed E-state index contributed by atoms with van der Waals surface area (Å²) in [5.74, 6) is 0.107. The van der Waals surface area contributed by atoms with E-state index in [4.69, 9.17) is 14.7 Å². The van der Waals surface area contributed by atoms with Crippen molar-refractivity contribution in [2.75, 3.05) is 13.7 Å². The number of ether oxygens (including phenoxy) is 2. The molecule has 8 nitrogen and oxygen atoms in total. The predicted molar refractivity (Wildman–Crippen MR) is 145 cm³/mol. The highest BCUT2D eigenvalue weighted by atomic mass is 79.9. The number of rotatable bonds is 10. The van der Waals surface area contributed by atoms with Gasteiger partial charge in [0.25, 0.3) is 11.8 Å². The second-order valence-electron chi connectivity index (χ2n) is 8.24. The van der Waals surface area contributed by atoms with Crippen molar-refractivity contribution in [2.45, 2.75) is 12.5 Å². The van der Waals surface area contributed by atoms with Crippen LogP contribution in [0.5, 0.6) is 11.5 Å². The summed E-state index contributed by atoms with van der Waals surface area (Å²) in [5.41, 5.74) is 4.85. The number of fused-ring (bicyclic) bond motifs is 1. The number of aromatic amines is 1. The van der Waals surface area contributed by atoms with Gasteiger partial charge < -0.3 is 19.8 Å². The summed E-state index contributed by atoms with van der Waals surface area (Å²) in [6, 6.07) is 20.1. The second kappa shape index (κ2) is 12.2. The van der Waals surface area contributed by atoms with Gasteiger partial charge in [0.15, 0.2) is 11.5 Å². The van der Waals surface area contributed by atoms with E-state index in [2.05, 4.69) is 26.2 Å². The summed E-state index contributed by atoms with van der Waals surface area (Å²) in [6.07, 6.45) is 5.23. The van der Waals surface area contributed by atoms with Gasteiger partial charge in [-0.15, -0.1) is 0 Å². The molecular formula is C28H26BrN3O5. The molecule has 4 rings (SSSR count). The lowest BCUT2D eigenvalue weighted by atomic mass is 10.0. The molecule has 0 fully saturated rings. The molecule has 0 aliphatic heterocycles. The first-order chi connectivity index (χ1) is 18.0. The van der Waals surface area contributed by atoms with E-state index < -0.39 is 5.91 Å². The number of nitrogens with one attached hydrogen (secondary N) is 3. The van der Waals surface area contributed by atoms with Gasteiger partial charge in [-0.2, -0.15) is 0 Å². The van der Waals surface area contributed by atoms with Gasteiger partial charge >= 0.3 is 0 Å². The third-order valence-electron chi connectivity index (χ3n) is 5.76. The number of benzene rings is 3. The lowest BCUT2D eigenvalue weighted by Crippen LogP contribution is -2.40. The standard InChI is InChI=1S/C28H26BrN3O5/c1-36-26-14-18(11-13-27(33)32-35)10-12-25(26)37-17-20(31-28(34)22-7-2-4-8-23(22)29)15-19-16-30-24-9-5-3-6-21(19)24/h2-14,16,20,30,35H,15,17H2,1H3,(H,31,34)(H,32,33)/b13-11+/t20-/m0/s1. The summed E-state index contributed by atoms with van der Waals surface area (Å²) in [5, 5.41) is 12.8. The van der Waals surface area contributed by atoms with Crippen molar-refractivity contribution in [1.29, 1.82) is 0 Å². The monoisotopic (exact) mass is 563 g/mol. The van der Waals surface area contributed by atoms with Crippen LogP contribution in [0.4, 0.5) is 0 Å². The molecule has 0 bridgehead atoms. The number of hydrogen-bond acceptors (Lipinski definition) is 5. The Kier molecular flexibility index (Phi) is 8.60. The van der Waals surface area contributed by atoms with Crippen LogP contribution in [0.1, 0.15) is 21.5 Å². The number of hydrogen-bond donors (Lipinski definition) is 4. The normalized spacial score (nSPS) is 11.9. The topological polar surface area (TPSA) is 113 Å². The van der Waals surface area contributed by atoms with Gasteiger partial charge in [-0.1, -0.05) is 36.4 Å². The lowest BCUT2D eigenvalue weighted by Gasteiger charge is -2.21. The van der Waals surface area contributed by atoms with E-state index in [1.807, 2.05) is 48.7 Å². The van der Waals surface area contributed by atoms with Gasteiger partial charge in [0, 0.05) is 27.6 Å². The first-order valence-corrected chi connectivity index (χ1v) is 12.3. The van der Waals surface area contributed by atoms with Gasteiger partial charge in [-0.3, -0.25) is 14.8 Å². The molecule has 0 spiro atoms. The molecule has 190 valence electrons. The summed E-state index contributed by atoms with van der Waals surface area (Å²) in [4.78, 5) is 27.7. The summed E-state index contributed by atoms with van der Waals surface area (Å²) in [7, 11) is 1.52. The zero-order valence-corrected chi connectivity index (χ0v) is 21.6. The number of carbonyl (C=O) groups is 2. The fourth-order valence-corrected chi connectivity index (χ4v) is 4.40. The van der Waals surface area contributed by atoms with Crippen molar-refractivity contribution in [1.82, 2.24) is 15.8 Å². The average Bonchev–Trinajstić information content (AvgIpc) is 3.33. The zero-order valence-electron chi connectivity index (χ0n) is 20.0. The van der Waals surface area contributed by atoms with Crippen LogP contribution in [0.3, 0.4) is 0 Å². The third kappa shape index (κ3) is 6.58. The first kappa shape index (κ1) is 26.0. The van der Waals surface area contributed by atoms with Crippen LogP contribution < -0.4 is 20.3 Å². The van der Waals surface area contributed by atoms with Gasteiger partial charge in [0.2, 0.25) is 0 Å². The summed E-state index contributed by atoms with van der Waals surface area (Å²) >= 11 is 3.45. The van der Waals surface area contributed by atoms with Crippen LogP contribution in [0.2, 0.25) is 0 Å². The van der Waals surface area contributed by atoms with Gasteiger partial charge in [0.05, 0.1) is 18.7 Å². The molecule has 0 radical (unpaired) electrons. The van der Waals surface area contributed by atoms with Crippen LogP contribution in [0.25, 0.3) is 17.0 Å². The van der Waals surface area contributed by atoms with Gasteiger partial charge in [-0.05, 0) is 69.9 Å². The molecule has 0 aliphatic rings. The van der Waals surface area contributed by atoms with Gasteiger partial charge in [0.1, 0.15) is 6.61 Å². The third-order valence-corrected chi connectivity index (χ3v) is 6.45. The highest BCUT2D eigenvalue weighted by Gasteiger charge is 2.19. The lowest BCUT2D eigenvalue weighted by molar-refractivity contribution is -0.124. The zero-order chi connectivity index (χ0) is 26.2. The van der Waals surface area contributed by atoms with Crippen LogP contribution in [0, 0.1) is 0 Å². The maximum Gasteiger partial charge on any atom is 0.267 e. The Balaban J connectivity index is 1.55. The van der Waals surface area contributed by atoms with E-state index in [1.165, 1.54) is 19.3 Å². The van der Waals surface area contributed by atoms with Crippen molar-refractivity contribution in [2.24, 2.45) is 0 Å². The number of amides is 2. The second-order valence-corrected chi connectivity index (χ2v) is 9.10. The average molecular weight is 564 g/mol. The summed E-state index contributed by atoms with van der Waals surface area (Å²) in [6.45, 7) is 0.189. The Morgan fingerprint density at radius 1 is 1.08 bits per heavy atom. The molecule has 1 atom stereocenters. The molecule has 2 amide bonds. The van der Waals surface area contributed by atoms with Crippen LogP contribution in [-0.4, -0.2) is 41.8 Å².